The Bertz CT molecular complexity index is 210. The van der Waals surface area contributed by atoms with E-state index < -0.39 is 0 Å². The Morgan fingerprint density at radius 2 is 2.17 bits per heavy atom. The summed E-state index contributed by atoms with van der Waals surface area (Å²) >= 11 is 0. The molecule has 0 bridgehead atoms. The third-order valence-corrected chi connectivity index (χ3v) is 1.45. The van der Waals surface area contributed by atoms with Gasteiger partial charge in [-0.2, -0.15) is 0 Å². The van der Waals surface area contributed by atoms with Crippen LogP contribution in [0.25, 0.3) is 0 Å². The van der Waals surface area contributed by atoms with E-state index in [0.717, 1.165) is 0 Å². The van der Waals surface area contributed by atoms with Crippen molar-refractivity contribution >= 4 is 5.91 Å². The highest BCUT2D eigenvalue weighted by atomic mass is 16.1. The van der Waals surface area contributed by atoms with Gasteiger partial charge in [-0.15, -0.1) is 5.92 Å². The van der Waals surface area contributed by atoms with E-state index in [9.17, 15) is 4.79 Å². The molecule has 0 aliphatic carbocycles. The second-order valence-corrected chi connectivity index (χ2v) is 3.31. The maximum atomic E-state index is 10.6. The lowest BCUT2D eigenvalue weighted by atomic mass is 10.0. The van der Waals surface area contributed by atoms with Crippen LogP contribution < -0.4 is 11.1 Å². The summed E-state index contributed by atoms with van der Waals surface area (Å²) in [4.78, 5) is 10.6. The summed E-state index contributed by atoms with van der Waals surface area (Å²) < 4.78 is 0. The smallest absolute Gasteiger partial charge is 0.219 e. The molecule has 0 fully saturated rings. The predicted octanol–water partition coefficient (Wildman–Crippen LogP) is 0.253. The van der Waals surface area contributed by atoms with Crippen molar-refractivity contribution in [3.63, 3.8) is 0 Å². The van der Waals surface area contributed by atoms with Crippen molar-refractivity contribution in [2.75, 3.05) is 6.54 Å². The average molecular weight is 168 g/mol. The second kappa shape index (κ2) is 4.78. The topological polar surface area (TPSA) is 55.1 Å². The molecule has 0 saturated carbocycles. The molecule has 0 saturated heterocycles. The van der Waals surface area contributed by atoms with Crippen molar-refractivity contribution in [2.45, 2.75) is 32.7 Å². The molecule has 0 unspecified atom stereocenters. The summed E-state index contributed by atoms with van der Waals surface area (Å²) in [5, 5.41) is 3.12. The van der Waals surface area contributed by atoms with Crippen LogP contribution in [0.5, 0.6) is 0 Å². The average Bonchev–Trinajstić information content (AvgIpc) is 1.84. The molecule has 0 aliphatic rings. The fourth-order valence-corrected chi connectivity index (χ4v) is 0.870. The minimum absolute atomic E-state index is 0.254. The lowest BCUT2D eigenvalue weighted by Crippen LogP contribution is -2.42. The lowest BCUT2D eigenvalue weighted by Gasteiger charge is -2.23. The second-order valence-electron chi connectivity index (χ2n) is 3.31. The fraction of sp³-hybridized carbons (Fsp3) is 0.667. The van der Waals surface area contributed by atoms with Crippen molar-refractivity contribution < 1.29 is 4.79 Å². The number of hydrogen-bond acceptors (Lipinski definition) is 2. The molecule has 0 spiro atoms. The fourth-order valence-electron chi connectivity index (χ4n) is 0.870. The Balaban J connectivity index is 3.83. The van der Waals surface area contributed by atoms with Crippen molar-refractivity contribution in [3.05, 3.63) is 0 Å². The predicted molar refractivity (Wildman–Crippen MR) is 49.3 cm³/mol. The van der Waals surface area contributed by atoms with Crippen LogP contribution in [0.3, 0.4) is 0 Å². The maximum absolute atomic E-state index is 10.6. The molecular weight excluding hydrogens is 152 g/mol. The molecule has 0 aromatic rings. The molecule has 0 heterocycles. The van der Waals surface area contributed by atoms with Crippen LogP contribution in [0.1, 0.15) is 27.2 Å². The van der Waals surface area contributed by atoms with Crippen LogP contribution in [0.2, 0.25) is 0 Å². The number of rotatable bonds is 4. The Morgan fingerprint density at radius 3 is 2.58 bits per heavy atom. The van der Waals surface area contributed by atoms with Gasteiger partial charge >= 0.3 is 0 Å². The molecule has 12 heavy (non-hydrogen) atoms. The van der Waals surface area contributed by atoms with E-state index in [1.54, 1.807) is 6.92 Å². The van der Waals surface area contributed by atoms with Crippen molar-refractivity contribution in [3.8, 4) is 11.8 Å². The van der Waals surface area contributed by atoms with Crippen LogP contribution in [-0.2, 0) is 4.79 Å². The summed E-state index contributed by atoms with van der Waals surface area (Å²) in [5.41, 5.74) is 4.81. The van der Waals surface area contributed by atoms with Gasteiger partial charge < -0.3 is 11.1 Å². The largest absolute Gasteiger partial charge is 0.370 e. The van der Waals surface area contributed by atoms with Crippen LogP contribution in [0.4, 0.5) is 0 Å². The first-order chi connectivity index (χ1) is 5.48. The number of amides is 1. The molecule has 0 aromatic carbocycles. The van der Waals surface area contributed by atoms with Crippen LogP contribution in [0, 0.1) is 11.8 Å². The minimum Gasteiger partial charge on any atom is -0.370 e. The van der Waals surface area contributed by atoms with Gasteiger partial charge in [-0.25, -0.2) is 0 Å². The third kappa shape index (κ3) is 5.75. The zero-order valence-corrected chi connectivity index (χ0v) is 7.90. The molecule has 0 rings (SSSR count). The monoisotopic (exact) mass is 168 g/mol. The highest BCUT2D eigenvalue weighted by Gasteiger charge is 2.18. The molecule has 0 atom stereocenters. The minimum atomic E-state index is -0.294. The van der Waals surface area contributed by atoms with Gasteiger partial charge in [0.15, 0.2) is 0 Å². The summed E-state index contributed by atoms with van der Waals surface area (Å²) in [5.74, 6) is 5.33. The first-order valence-corrected chi connectivity index (χ1v) is 3.91. The van der Waals surface area contributed by atoms with Gasteiger partial charge in [0.2, 0.25) is 5.91 Å². The van der Waals surface area contributed by atoms with E-state index in [4.69, 9.17) is 5.73 Å². The normalized spacial score (nSPS) is 10.2. The maximum Gasteiger partial charge on any atom is 0.219 e. The van der Waals surface area contributed by atoms with Gasteiger partial charge in [-0.1, -0.05) is 5.92 Å². The molecule has 68 valence electrons. The number of nitrogens with one attached hydrogen (secondary N) is 1. The molecule has 3 heteroatoms. The zero-order chi connectivity index (χ0) is 9.61. The zero-order valence-electron chi connectivity index (χ0n) is 7.90. The van der Waals surface area contributed by atoms with Crippen molar-refractivity contribution in [2.24, 2.45) is 5.73 Å². The van der Waals surface area contributed by atoms with Gasteiger partial charge in [0.1, 0.15) is 0 Å². The number of nitrogens with two attached hydrogens (primary N) is 1. The summed E-state index contributed by atoms with van der Waals surface area (Å²) in [6.45, 7) is 6.23. The van der Waals surface area contributed by atoms with Crippen LogP contribution in [0.15, 0.2) is 0 Å². The highest BCUT2D eigenvalue weighted by Crippen LogP contribution is 2.05. The number of hydrogen-bond donors (Lipinski definition) is 2. The highest BCUT2D eigenvalue weighted by molar-refractivity contribution is 5.74. The summed E-state index contributed by atoms with van der Waals surface area (Å²) in [6, 6.07) is 0. The SMILES string of the molecule is CC#CCNC(C)(C)CC(N)=O. The summed E-state index contributed by atoms with van der Waals surface area (Å²) in [6.07, 6.45) is 0.332. The summed E-state index contributed by atoms with van der Waals surface area (Å²) in [7, 11) is 0. The third-order valence-electron chi connectivity index (χ3n) is 1.45. The molecule has 1 amide bonds. The van der Waals surface area contributed by atoms with Gasteiger partial charge in [0.05, 0.1) is 6.54 Å². The number of carbonyl (C=O) groups is 1. The van der Waals surface area contributed by atoms with Crippen LogP contribution in [-0.4, -0.2) is 18.0 Å². The Morgan fingerprint density at radius 1 is 1.58 bits per heavy atom. The van der Waals surface area contributed by atoms with Gasteiger partial charge in [-0.3, -0.25) is 4.79 Å². The van der Waals surface area contributed by atoms with Gasteiger partial charge in [0, 0.05) is 12.0 Å². The standard InChI is InChI=1S/C9H16N2O/c1-4-5-6-11-9(2,3)7-8(10)12/h11H,6-7H2,1-3H3,(H2,10,12). The number of primary amides is 1. The van der Waals surface area contributed by atoms with E-state index in [-0.39, 0.29) is 11.4 Å². The van der Waals surface area contributed by atoms with E-state index in [1.165, 1.54) is 0 Å². The Kier molecular flexibility index (Phi) is 4.38. The molecule has 0 aliphatic heterocycles. The molecule has 0 radical (unpaired) electrons. The van der Waals surface area contributed by atoms with Crippen molar-refractivity contribution in [1.29, 1.82) is 0 Å². The first kappa shape index (κ1) is 11.0. The van der Waals surface area contributed by atoms with E-state index >= 15 is 0 Å². The first-order valence-electron chi connectivity index (χ1n) is 3.91. The van der Waals surface area contributed by atoms with E-state index in [2.05, 4.69) is 17.2 Å². The van der Waals surface area contributed by atoms with E-state index in [1.807, 2.05) is 13.8 Å². The Labute approximate surface area is 73.7 Å². The van der Waals surface area contributed by atoms with E-state index in [0.29, 0.717) is 13.0 Å². The van der Waals surface area contributed by atoms with Gasteiger partial charge in [0.25, 0.3) is 0 Å². The number of carbonyl (C=O) groups excluding carboxylic acids is 1. The van der Waals surface area contributed by atoms with Crippen molar-refractivity contribution in [1.82, 2.24) is 5.32 Å². The van der Waals surface area contributed by atoms with Gasteiger partial charge in [-0.05, 0) is 20.8 Å². The van der Waals surface area contributed by atoms with Crippen LogP contribution >= 0.6 is 0 Å². The lowest BCUT2D eigenvalue weighted by molar-refractivity contribution is -0.119. The molecule has 3 nitrogen and oxygen atoms in total. The molecular formula is C9H16N2O. The molecule has 3 N–H and O–H groups in total. The quantitative estimate of drug-likeness (QED) is 0.591. The molecule has 0 aromatic heterocycles. The Hall–Kier alpha value is -1.01.